The molecule has 0 saturated heterocycles. The molecule has 0 heterocycles. The summed E-state index contributed by atoms with van der Waals surface area (Å²) in [6.07, 6.45) is 4.00. The standard InChI is InChI=1S/C17H17Cl3FNO/c18-13-6-1-8(7-14(13)21)22-16(23)15-9-2-4-11-12(17(11,19)20)5-3-10(9)15/h1,6-7,9-12,15H,2-5H2,(H,22,23). The minimum atomic E-state index is -0.532. The maximum absolute atomic E-state index is 13.5. The van der Waals surface area contributed by atoms with Crippen LogP contribution in [0.3, 0.4) is 0 Å². The molecule has 3 aliphatic rings. The topological polar surface area (TPSA) is 29.1 Å². The molecule has 1 aromatic carbocycles. The van der Waals surface area contributed by atoms with Gasteiger partial charge in [0.2, 0.25) is 5.91 Å². The van der Waals surface area contributed by atoms with E-state index in [1.165, 1.54) is 12.1 Å². The number of rotatable bonds is 2. The van der Waals surface area contributed by atoms with Gasteiger partial charge in [-0.3, -0.25) is 4.79 Å². The van der Waals surface area contributed by atoms with Gasteiger partial charge in [0.1, 0.15) is 10.2 Å². The van der Waals surface area contributed by atoms with Crippen molar-refractivity contribution in [2.45, 2.75) is 30.0 Å². The van der Waals surface area contributed by atoms with Gasteiger partial charge < -0.3 is 5.32 Å². The van der Waals surface area contributed by atoms with E-state index in [9.17, 15) is 9.18 Å². The lowest BCUT2D eigenvalue weighted by Crippen LogP contribution is -2.16. The molecule has 4 rings (SSSR count). The minimum absolute atomic E-state index is 0.0136. The average Bonchev–Trinajstić information content (AvgIpc) is 3.27. The molecule has 0 aromatic heterocycles. The highest BCUT2D eigenvalue weighted by molar-refractivity contribution is 6.51. The zero-order valence-corrected chi connectivity index (χ0v) is 14.6. The van der Waals surface area contributed by atoms with E-state index in [0.29, 0.717) is 29.4 Å². The second-order valence-electron chi connectivity index (χ2n) is 7.01. The molecule has 2 nitrogen and oxygen atoms in total. The van der Waals surface area contributed by atoms with Gasteiger partial charge in [-0.15, -0.1) is 23.2 Å². The quantitative estimate of drug-likeness (QED) is 0.700. The number of hydrogen-bond acceptors (Lipinski definition) is 1. The molecule has 4 atom stereocenters. The summed E-state index contributed by atoms with van der Waals surface area (Å²) in [5.41, 5.74) is 0.458. The number of amides is 1. The van der Waals surface area contributed by atoms with Crippen LogP contribution in [0.5, 0.6) is 0 Å². The molecule has 23 heavy (non-hydrogen) atoms. The Hall–Kier alpha value is -0.510. The predicted molar refractivity (Wildman–Crippen MR) is 90.4 cm³/mol. The predicted octanol–water partition coefficient (Wildman–Crippen LogP) is 5.27. The fraction of sp³-hybridized carbons (Fsp3) is 0.588. The van der Waals surface area contributed by atoms with Gasteiger partial charge >= 0.3 is 0 Å². The first-order chi connectivity index (χ1) is 10.9. The third-order valence-corrected chi connectivity index (χ3v) is 7.24. The Labute approximate surface area is 149 Å². The van der Waals surface area contributed by atoms with Crippen LogP contribution in [0.15, 0.2) is 18.2 Å². The van der Waals surface area contributed by atoms with Crippen molar-refractivity contribution in [3.8, 4) is 0 Å². The highest BCUT2D eigenvalue weighted by atomic mass is 35.5. The van der Waals surface area contributed by atoms with Crippen molar-refractivity contribution in [3.63, 3.8) is 0 Å². The van der Waals surface area contributed by atoms with Crippen LogP contribution in [-0.4, -0.2) is 10.2 Å². The summed E-state index contributed by atoms with van der Waals surface area (Å²) in [7, 11) is 0. The number of alkyl halides is 2. The Bertz CT molecular complexity index is 643. The van der Waals surface area contributed by atoms with Crippen molar-refractivity contribution in [3.05, 3.63) is 29.0 Å². The van der Waals surface area contributed by atoms with E-state index in [1.807, 2.05) is 0 Å². The van der Waals surface area contributed by atoms with E-state index in [4.69, 9.17) is 34.8 Å². The summed E-state index contributed by atoms with van der Waals surface area (Å²) in [5, 5.41) is 2.87. The summed E-state index contributed by atoms with van der Waals surface area (Å²) in [5.74, 6) is 1.11. The van der Waals surface area contributed by atoms with Gasteiger partial charge in [-0.2, -0.15) is 0 Å². The first kappa shape index (κ1) is 16.0. The maximum Gasteiger partial charge on any atom is 0.228 e. The summed E-state index contributed by atoms with van der Waals surface area (Å²) in [6.45, 7) is 0. The smallest absolute Gasteiger partial charge is 0.228 e. The first-order valence-corrected chi connectivity index (χ1v) is 9.16. The number of fused-ring (bicyclic) bond motifs is 2. The summed E-state index contributed by atoms with van der Waals surface area (Å²) >= 11 is 18.2. The number of carbonyl (C=O) groups excluding carboxylic acids is 1. The monoisotopic (exact) mass is 375 g/mol. The third-order valence-electron chi connectivity index (χ3n) is 5.81. The molecule has 124 valence electrons. The van der Waals surface area contributed by atoms with Gasteiger partial charge in [0.05, 0.1) is 5.02 Å². The Kier molecular flexibility index (Phi) is 3.82. The maximum atomic E-state index is 13.5. The van der Waals surface area contributed by atoms with Crippen LogP contribution in [0, 0.1) is 35.4 Å². The van der Waals surface area contributed by atoms with Crippen LogP contribution in [0.2, 0.25) is 5.02 Å². The fourth-order valence-electron chi connectivity index (χ4n) is 4.41. The number of hydrogen-bond donors (Lipinski definition) is 1. The second kappa shape index (κ2) is 5.50. The van der Waals surface area contributed by atoms with E-state index in [2.05, 4.69) is 5.32 Å². The fourth-order valence-corrected chi connectivity index (χ4v) is 5.45. The van der Waals surface area contributed by atoms with Gasteiger partial charge in [-0.1, -0.05) is 11.6 Å². The number of halogens is 4. The van der Waals surface area contributed by atoms with Crippen LogP contribution >= 0.6 is 34.8 Å². The van der Waals surface area contributed by atoms with E-state index in [1.54, 1.807) is 6.07 Å². The van der Waals surface area contributed by atoms with Crippen molar-refractivity contribution in [1.29, 1.82) is 0 Å². The van der Waals surface area contributed by atoms with E-state index in [0.717, 1.165) is 25.7 Å². The van der Waals surface area contributed by atoms with Gasteiger partial charge in [0.15, 0.2) is 0 Å². The summed E-state index contributed by atoms with van der Waals surface area (Å²) in [6, 6.07) is 4.34. The van der Waals surface area contributed by atoms with E-state index < -0.39 is 10.2 Å². The molecule has 3 saturated carbocycles. The highest BCUT2D eigenvalue weighted by Crippen LogP contribution is 2.67. The lowest BCUT2D eigenvalue weighted by atomic mass is 10.0. The summed E-state index contributed by atoms with van der Waals surface area (Å²) < 4.78 is 12.9. The van der Waals surface area contributed by atoms with E-state index in [-0.39, 0.29) is 16.8 Å². The highest BCUT2D eigenvalue weighted by Gasteiger charge is 2.65. The van der Waals surface area contributed by atoms with Gasteiger partial charge in [-0.25, -0.2) is 4.39 Å². The lowest BCUT2D eigenvalue weighted by molar-refractivity contribution is -0.117. The van der Waals surface area contributed by atoms with E-state index >= 15 is 0 Å². The number of carbonyl (C=O) groups is 1. The molecular formula is C17H17Cl3FNO. The zero-order valence-electron chi connectivity index (χ0n) is 12.4. The molecule has 6 heteroatoms. The molecule has 3 aliphatic carbocycles. The van der Waals surface area contributed by atoms with Crippen molar-refractivity contribution in [1.82, 2.24) is 0 Å². The Morgan fingerprint density at radius 1 is 1.13 bits per heavy atom. The van der Waals surface area contributed by atoms with Crippen LogP contribution in [0.4, 0.5) is 10.1 Å². The van der Waals surface area contributed by atoms with Crippen LogP contribution in [0.25, 0.3) is 0 Å². The van der Waals surface area contributed by atoms with Crippen LogP contribution in [-0.2, 0) is 4.79 Å². The SMILES string of the molecule is O=C(Nc1ccc(Cl)c(F)c1)C1C2CCC3C(CCC21)C3(Cl)Cl. The molecule has 0 spiro atoms. The van der Waals surface area contributed by atoms with Gasteiger partial charge in [-0.05, 0) is 67.6 Å². The average molecular weight is 377 g/mol. The molecule has 0 aliphatic heterocycles. The molecule has 0 radical (unpaired) electrons. The Morgan fingerprint density at radius 3 is 2.30 bits per heavy atom. The van der Waals surface area contributed by atoms with Crippen LogP contribution in [0.1, 0.15) is 25.7 Å². The lowest BCUT2D eigenvalue weighted by Gasteiger charge is -2.06. The first-order valence-electron chi connectivity index (χ1n) is 8.03. The molecule has 3 fully saturated rings. The van der Waals surface area contributed by atoms with Crippen molar-refractivity contribution in [2.75, 3.05) is 5.32 Å². The normalized spacial score (nSPS) is 37.0. The van der Waals surface area contributed by atoms with Gasteiger partial charge in [0, 0.05) is 11.6 Å². The molecular weight excluding hydrogens is 360 g/mol. The molecule has 1 N–H and O–H groups in total. The minimum Gasteiger partial charge on any atom is -0.326 e. The molecule has 1 aromatic rings. The van der Waals surface area contributed by atoms with Gasteiger partial charge in [0.25, 0.3) is 0 Å². The largest absolute Gasteiger partial charge is 0.326 e. The second-order valence-corrected chi connectivity index (χ2v) is 8.87. The molecule has 0 bridgehead atoms. The summed E-state index contributed by atoms with van der Waals surface area (Å²) in [4.78, 5) is 12.5. The zero-order chi connectivity index (χ0) is 16.4. The molecule has 4 unspecified atom stereocenters. The number of benzene rings is 1. The van der Waals surface area contributed by atoms with Crippen molar-refractivity contribution >= 4 is 46.4 Å². The van der Waals surface area contributed by atoms with Crippen LogP contribution < -0.4 is 5.32 Å². The number of nitrogens with one attached hydrogen (secondary N) is 1. The van der Waals surface area contributed by atoms with Crippen molar-refractivity contribution < 1.29 is 9.18 Å². The number of anilines is 1. The third kappa shape index (κ3) is 2.75. The van der Waals surface area contributed by atoms with Crippen molar-refractivity contribution in [2.24, 2.45) is 29.6 Å². The Morgan fingerprint density at radius 2 is 1.74 bits per heavy atom. The Balaban J connectivity index is 1.38. The molecule has 1 amide bonds.